The highest BCUT2D eigenvalue weighted by Crippen LogP contribution is 2.23. The largest absolute Gasteiger partial charge is 0.423 e. The lowest BCUT2D eigenvalue weighted by molar-refractivity contribution is 0.417. The van der Waals surface area contributed by atoms with Gasteiger partial charge in [-0.2, -0.15) is 0 Å². The number of rotatable bonds is 3. The van der Waals surface area contributed by atoms with Crippen LogP contribution in [0.5, 0.6) is 0 Å². The second kappa shape index (κ2) is 5.85. The van der Waals surface area contributed by atoms with Gasteiger partial charge < -0.3 is 4.42 Å². The molecule has 3 rings (SSSR count). The zero-order chi connectivity index (χ0) is 14.8. The summed E-state index contributed by atoms with van der Waals surface area (Å²) in [6, 6.07) is 16.9. The molecule has 21 heavy (non-hydrogen) atoms. The smallest absolute Gasteiger partial charge is 0.372 e. The number of aromatic nitrogens is 1. The third-order valence-electron chi connectivity index (χ3n) is 3.29. The molecule has 0 N–H and O–H groups in total. The summed E-state index contributed by atoms with van der Waals surface area (Å²) in [5, 5.41) is 0.423. The minimum Gasteiger partial charge on any atom is -0.372 e. The number of halogens is 1. The summed E-state index contributed by atoms with van der Waals surface area (Å²) >= 11 is 2.20. The molecule has 0 saturated carbocycles. The number of alkyl halides is 1. The van der Waals surface area contributed by atoms with Crippen molar-refractivity contribution in [2.24, 2.45) is 0 Å². The SMILES string of the molecule is O=c1oc(=O)n(C(I)Cc2ccccc2)c2ccccc12. The number of benzene rings is 2. The molecule has 0 aliphatic heterocycles. The Balaban J connectivity index is 2.12. The zero-order valence-electron chi connectivity index (χ0n) is 11.0. The lowest BCUT2D eigenvalue weighted by Crippen LogP contribution is -2.27. The molecule has 0 radical (unpaired) electrons. The summed E-state index contributed by atoms with van der Waals surface area (Å²) in [7, 11) is 0. The van der Waals surface area contributed by atoms with Gasteiger partial charge >= 0.3 is 11.4 Å². The van der Waals surface area contributed by atoms with E-state index >= 15 is 0 Å². The topological polar surface area (TPSA) is 52.2 Å². The monoisotopic (exact) mass is 393 g/mol. The van der Waals surface area contributed by atoms with Crippen LogP contribution in [0.3, 0.4) is 0 Å². The fraction of sp³-hybridized carbons (Fsp3) is 0.125. The fourth-order valence-electron chi connectivity index (χ4n) is 2.30. The van der Waals surface area contributed by atoms with Crippen LogP contribution >= 0.6 is 22.6 Å². The van der Waals surface area contributed by atoms with E-state index in [0.717, 1.165) is 5.56 Å². The van der Waals surface area contributed by atoms with Gasteiger partial charge in [0, 0.05) is 6.42 Å². The van der Waals surface area contributed by atoms with Gasteiger partial charge in [0.1, 0.15) is 0 Å². The van der Waals surface area contributed by atoms with Gasteiger partial charge in [0.25, 0.3) is 0 Å². The number of para-hydroxylation sites is 1. The average molecular weight is 393 g/mol. The first-order chi connectivity index (χ1) is 10.2. The van der Waals surface area contributed by atoms with Crippen molar-refractivity contribution < 1.29 is 4.42 Å². The molecule has 1 heterocycles. The lowest BCUT2D eigenvalue weighted by atomic mass is 10.1. The Labute approximate surface area is 134 Å². The molecule has 5 heteroatoms. The van der Waals surface area contributed by atoms with Crippen LogP contribution in [0.25, 0.3) is 10.9 Å². The Hall–Kier alpha value is -1.89. The predicted molar refractivity (Wildman–Crippen MR) is 89.9 cm³/mol. The van der Waals surface area contributed by atoms with Gasteiger partial charge in [0.15, 0.2) is 0 Å². The van der Waals surface area contributed by atoms with Crippen LogP contribution in [0.1, 0.15) is 9.61 Å². The van der Waals surface area contributed by atoms with Crippen LogP contribution in [0.4, 0.5) is 0 Å². The maximum absolute atomic E-state index is 12.1. The quantitative estimate of drug-likeness (QED) is 0.508. The van der Waals surface area contributed by atoms with Gasteiger partial charge in [0.2, 0.25) is 0 Å². The second-order valence-corrected chi connectivity index (χ2v) is 6.10. The Morgan fingerprint density at radius 2 is 1.67 bits per heavy atom. The van der Waals surface area contributed by atoms with E-state index in [2.05, 4.69) is 22.6 Å². The highest BCUT2D eigenvalue weighted by molar-refractivity contribution is 14.1. The Morgan fingerprint density at radius 3 is 2.43 bits per heavy atom. The van der Waals surface area contributed by atoms with Gasteiger partial charge in [-0.3, -0.25) is 4.57 Å². The van der Waals surface area contributed by atoms with E-state index in [4.69, 9.17) is 4.42 Å². The lowest BCUT2D eigenvalue weighted by Gasteiger charge is -2.15. The standard InChI is InChI=1S/C16H12INO3/c17-14(10-11-6-2-1-3-7-11)18-13-9-5-4-8-12(13)15(19)21-16(18)20/h1-9,14H,10H2. The number of hydrogen-bond acceptors (Lipinski definition) is 3. The molecule has 0 aliphatic rings. The highest BCUT2D eigenvalue weighted by Gasteiger charge is 2.15. The molecular weight excluding hydrogens is 381 g/mol. The summed E-state index contributed by atoms with van der Waals surface area (Å²) in [6.45, 7) is 0. The molecule has 0 bridgehead atoms. The molecule has 106 valence electrons. The third-order valence-corrected chi connectivity index (χ3v) is 4.28. The van der Waals surface area contributed by atoms with Crippen molar-refractivity contribution in [1.29, 1.82) is 0 Å². The van der Waals surface area contributed by atoms with Crippen LogP contribution < -0.4 is 11.4 Å². The molecule has 2 aromatic carbocycles. The molecular formula is C16H12INO3. The van der Waals surface area contributed by atoms with Gasteiger partial charge in [0.05, 0.1) is 15.0 Å². The van der Waals surface area contributed by atoms with Crippen LogP contribution in [0, 0.1) is 0 Å². The van der Waals surface area contributed by atoms with E-state index in [1.807, 2.05) is 36.4 Å². The fourth-order valence-corrected chi connectivity index (χ4v) is 3.34. The summed E-state index contributed by atoms with van der Waals surface area (Å²) in [6.07, 6.45) is 0.680. The Kier molecular flexibility index (Phi) is 3.92. The number of hydrogen-bond donors (Lipinski definition) is 0. The first-order valence-electron chi connectivity index (χ1n) is 6.49. The molecule has 1 aromatic heterocycles. The van der Waals surface area contributed by atoms with Crippen LogP contribution in [0.2, 0.25) is 0 Å². The minimum absolute atomic E-state index is 0.133. The van der Waals surface area contributed by atoms with E-state index in [9.17, 15) is 9.59 Å². The average Bonchev–Trinajstić information content (AvgIpc) is 2.48. The summed E-state index contributed by atoms with van der Waals surface area (Å²) < 4.78 is 6.23. The van der Waals surface area contributed by atoms with Gasteiger partial charge in [-0.15, -0.1) is 0 Å². The Morgan fingerprint density at radius 1 is 1.00 bits per heavy atom. The van der Waals surface area contributed by atoms with Crippen molar-refractivity contribution in [2.75, 3.05) is 0 Å². The van der Waals surface area contributed by atoms with Crippen LogP contribution in [-0.2, 0) is 6.42 Å². The molecule has 4 nitrogen and oxygen atoms in total. The number of fused-ring (bicyclic) bond motifs is 1. The molecule has 3 aromatic rings. The van der Waals surface area contributed by atoms with Crippen molar-refractivity contribution in [3.05, 3.63) is 81.1 Å². The van der Waals surface area contributed by atoms with E-state index in [1.54, 1.807) is 18.2 Å². The van der Waals surface area contributed by atoms with E-state index < -0.39 is 11.4 Å². The summed E-state index contributed by atoms with van der Waals surface area (Å²) in [4.78, 5) is 23.8. The molecule has 1 atom stereocenters. The maximum atomic E-state index is 12.1. The molecule has 0 saturated heterocycles. The van der Waals surface area contributed by atoms with Gasteiger partial charge in [-0.1, -0.05) is 65.1 Å². The summed E-state index contributed by atoms with van der Waals surface area (Å²) in [5.41, 5.74) is 1.14. The van der Waals surface area contributed by atoms with Crippen molar-refractivity contribution >= 4 is 33.5 Å². The maximum Gasteiger partial charge on any atom is 0.423 e. The molecule has 0 spiro atoms. The number of nitrogens with zero attached hydrogens (tertiary/aromatic N) is 1. The second-order valence-electron chi connectivity index (χ2n) is 4.67. The molecule has 0 amide bonds. The van der Waals surface area contributed by atoms with Crippen molar-refractivity contribution in [3.8, 4) is 0 Å². The normalized spacial score (nSPS) is 12.4. The van der Waals surface area contributed by atoms with E-state index in [1.165, 1.54) is 4.57 Å². The molecule has 0 fully saturated rings. The Bertz CT molecular complexity index is 883. The molecule has 1 unspecified atom stereocenters. The third kappa shape index (κ3) is 2.78. The summed E-state index contributed by atoms with van der Waals surface area (Å²) in [5.74, 6) is -0.617. The first-order valence-corrected chi connectivity index (χ1v) is 7.74. The van der Waals surface area contributed by atoms with Crippen molar-refractivity contribution in [2.45, 2.75) is 10.5 Å². The van der Waals surface area contributed by atoms with Crippen molar-refractivity contribution in [1.82, 2.24) is 4.57 Å². The van der Waals surface area contributed by atoms with Crippen molar-refractivity contribution in [3.63, 3.8) is 0 Å². The predicted octanol–water partition coefficient (Wildman–Crippen LogP) is 3.13. The van der Waals surface area contributed by atoms with Crippen LogP contribution in [-0.4, -0.2) is 4.57 Å². The first kappa shape index (κ1) is 14.1. The highest BCUT2D eigenvalue weighted by atomic mass is 127. The van der Waals surface area contributed by atoms with E-state index in [-0.39, 0.29) is 4.05 Å². The molecule has 0 aliphatic carbocycles. The van der Waals surface area contributed by atoms with E-state index in [0.29, 0.717) is 17.3 Å². The van der Waals surface area contributed by atoms with Crippen LogP contribution in [0.15, 0.2) is 68.6 Å². The van der Waals surface area contributed by atoms with Gasteiger partial charge in [-0.05, 0) is 17.7 Å². The van der Waals surface area contributed by atoms with Gasteiger partial charge in [-0.25, -0.2) is 9.59 Å². The minimum atomic E-state index is -0.617. The zero-order valence-corrected chi connectivity index (χ0v) is 13.2.